The fourth-order valence-electron chi connectivity index (χ4n) is 1.18. The fraction of sp³-hybridized carbons (Fsp3) is 0.444. The molecular formula is C9H11BrN2O3. The normalized spacial score (nSPS) is 10.2. The van der Waals surface area contributed by atoms with Crippen LogP contribution in [0.1, 0.15) is 12.8 Å². The first-order chi connectivity index (χ1) is 7.15. The average molecular weight is 275 g/mol. The van der Waals surface area contributed by atoms with Gasteiger partial charge in [-0.2, -0.15) is 0 Å². The maximum Gasteiger partial charge on any atom is 0.332 e. The molecule has 0 aliphatic rings. The molecule has 82 valence electrons. The third-order valence-electron chi connectivity index (χ3n) is 1.95. The number of halogens is 1. The Labute approximate surface area is 95.0 Å². The van der Waals surface area contributed by atoms with Crippen molar-refractivity contribution in [2.45, 2.75) is 19.4 Å². The Morgan fingerprint density at radius 1 is 1.47 bits per heavy atom. The van der Waals surface area contributed by atoms with Crippen LogP contribution in [0.2, 0.25) is 0 Å². The van der Waals surface area contributed by atoms with Crippen LogP contribution in [0.15, 0.2) is 23.3 Å². The number of alkyl halides is 1. The summed E-state index contributed by atoms with van der Waals surface area (Å²) in [4.78, 5) is 20.9. The predicted molar refractivity (Wildman–Crippen MR) is 60.4 cm³/mol. The Morgan fingerprint density at radius 3 is 2.80 bits per heavy atom. The first-order valence-corrected chi connectivity index (χ1v) is 5.67. The van der Waals surface area contributed by atoms with E-state index in [1.807, 2.05) is 0 Å². The van der Waals surface area contributed by atoms with Crippen LogP contribution < -0.4 is 5.43 Å². The summed E-state index contributed by atoms with van der Waals surface area (Å²) in [5.74, 6) is 0. The second-order valence-corrected chi connectivity index (χ2v) is 3.88. The molecule has 0 aliphatic heterocycles. The number of aromatic nitrogens is 1. The van der Waals surface area contributed by atoms with Gasteiger partial charge in [0.15, 0.2) is 0 Å². The molecule has 5 nitrogen and oxygen atoms in total. The van der Waals surface area contributed by atoms with E-state index >= 15 is 0 Å². The number of rotatable bonds is 5. The van der Waals surface area contributed by atoms with E-state index in [1.165, 1.54) is 12.3 Å². The second-order valence-electron chi connectivity index (χ2n) is 3.09. The Bertz CT molecular complexity index is 403. The van der Waals surface area contributed by atoms with E-state index < -0.39 is 10.4 Å². The Balaban J connectivity index is 2.79. The number of nitro groups is 1. The van der Waals surface area contributed by atoms with Gasteiger partial charge in [0, 0.05) is 24.1 Å². The molecule has 0 bridgehead atoms. The van der Waals surface area contributed by atoms with Crippen LogP contribution in [0.3, 0.4) is 0 Å². The molecule has 1 aromatic heterocycles. The Kier molecular flexibility index (Phi) is 4.48. The van der Waals surface area contributed by atoms with Gasteiger partial charge in [0.05, 0.1) is 11.1 Å². The molecular weight excluding hydrogens is 264 g/mol. The van der Waals surface area contributed by atoms with E-state index in [9.17, 15) is 14.9 Å². The van der Waals surface area contributed by atoms with E-state index in [2.05, 4.69) is 15.9 Å². The van der Waals surface area contributed by atoms with E-state index in [0.29, 0.717) is 6.54 Å². The molecule has 0 radical (unpaired) electrons. The van der Waals surface area contributed by atoms with Crippen LogP contribution in [-0.4, -0.2) is 14.8 Å². The van der Waals surface area contributed by atoms with Crippen molar-refractivity contribution in [3.05, 3.63) is 38.8 Å². The van der Waals surface area contributed by atoms with Crippen LogP contribution in [0.5, 0.6) is 0 Å². The zero-order valence-electron chi connectivity index (χ0n) is 8.06. The number of pyridine rings is 1. The molecule has 0 unspecified atom stereocenters. The molecule has 0 aliphatic carbocycles. The van der Waals surface area contributed by atoms with Gasteiger partial charge in [0.1, 0.15) is 0 Å². The molecule has 15 heavy (non-hydrogen) atoms. The monoisotopic (exact) mass is 274 g/mol. The molecule has 0 atom stereocenters. The van der Waals surface area contributed by atoms with Crippen molar-refractivity contribution in [3.63, 3.8) is 0 Å². The molecule has 6 heteroatoms. The van der Waals surface area contributed by atoms with Crippen LogP contribution in [0.4, 0.5) is 5.69 Å². The molecule has 0 N–H and O–H groups in total. The highest BCUT2D eigenvalue weighted by molar-refractivity contribution is 9.09. The first kappa shape index (κ1) is 11.9. The zero-order valence-corrected chi connectivity index (χ0v) is 9.64. The number of hydrogen-bond donors (Lipinski definition) is 0. The molecule has 0 amide bonds. The smallest absolute Gasteiger partial charge is 0.332 e. The van der Waals surface area contributed by atoms with E-state index in [-0.39, 0.29) is 5.69 Å². The summed E-state index contributed by atoms with van der Waals surface area (Å²) in [6.45, 7) is 0.687. The summed E-state index contributed by atoms with van der Waals surface area (Å²) >= 11 is 3.30. The van der Waals surface area contributed by atoms with Crippen molar-refractivity contribution in [2.24, 2.45) is 0 Å². The highest BCUT2D eigenvalue weighted by Gasteiger charge is 2.10. The lowest BCUT2D eigenvalue weighted by molar-refractivity contribution is -0.386. The topological polar surface area (TPSA) is 65.1 Å². The quantitative estimate of drug-likeness (QED) is 0.357. The van der Waals surface area contributed by atoms with Gasteiger partial charge in [-0.15, -0.1) is 0 Å². The van der Waals surface area contributed by atoms with E-state index in [4.69, 9.17) is 0 Å². The number of nitrogens with zero attached hydrogens (tertiary/aromatic N) is 2. The van der Waals surface area contributed by atoms with Crippen LogP contribution in [-0.2, 0) is 6.54 Å². The molecule has 1 aromatic rings. The summed E-state index contributed by atoms with van der Waals surface area (Å²) in [6.07, 6.45) is 4.78. The van der Waals surface area contributed by atoms with E-state index in [1.54, 1.807) is 10.8 Å². The summed E-state index contributed by atoms with van der Waals surface area (Å²) < 4.78 is 1.67. The van der Waals surface area contributed by atoms with Gasteiger partial charge in [-0.1, -0.05) is 15.9 Å². The van der Waals surface area contributed by atoms with Crippen molar-refractivity contribution in [1.29, 1.82) is 0 Å². The van der Waals surface area contributed by atoms with Gasteiger partial charge in [0.2, 0.25) is 0 Å². The maximum atomic E-state index is 11.1. The summed E-state index contributed by atoms with van der Waals surface area (Å²) in [7, 11) is 0. The Hall–Kier alpha value is -1.17. The largest absolute Gasteiger partial charge is 0.348 e. The predicted octanol–water partition coefficient (Wildman–Crippen LogP) is 1.93. The van der Waals surface area contributed by atoms with Gasteiger partial charge < -0.3 is 4.57 Å². The second kappa shape index (κ2) is 5.65. The van der Waals surface area contributed by atoms with Gasteiger partial charge in [0.25, 0.3) is 5.43 Å². The van der Waals surface area contributed by atoms with Gasteiger partial charge in [-0.05, 0) is 12.8 Å². The molecule has 0 fully saturated rings. The number of hydrogen-bond acceptors (Lipinski definition) is 3. The highest BCUT2D eigenvalue weighted by Crippen LogP contribution is 2.04. The zero-order chi connectivity index (χ0) is 11.3. The number of unbranched alkanes of at least 4 members (excludes halogenated alkanes) is 1. The molecule has 0 saturated heterocycles. The fourth-order valence-corrected chi connectivity index (χ4v) is 1.57. The third-order valence-corrected chi connectivity index (χ3v) is 2.52. The minimum absolute atomic E-state index is 0.364. The minimum atomic E-state index is -0.649. The van der Waals surface area contributed by atoms with Crippen molar-refractivity contribution < 1.29 is 4.92 Å². The molecule has 1 heterocycles. The lowest BCUT2D eigenvalue weighted by atomic mass is 10.3. The minimum Gasteiger partial charge on any atom is -0.348 e. The van der Waals surface area contributed by atoms with Crippen molar-refractivity contribution in [1.82, 2.24) is 4.57 Å². The molecule has 0 saturated carbocycles. The number of aryl methyl sites for hydroxylation is 1. The molecule has 0 aromatic carbocycles. The van der Waals surface area contributed by atoms with Crippen LogP contribution >= 0.6 is 15.9 Å². The summed E-state index contributed by atoms with van der Waals surface area (Å²) in [5.41, 5.74) is -0.909. The van der Waals surface area contributed by atoms with Crippen molar-refractivity contribution >= 4 is 21.6 Å². The summed E-state index contributed by atoms with van der Waals surface area (Å²) in [6, 6.07) is 1.23. The first-order valence-electron chi connectivity index (χ1n) is 4.55. The summed E-state index contributed by atoms with van der Waals surface area (Å²) in [5, 5.41) is 11.4. The van der Waals surface area contributed by atoms with Gasteiger partial charge in [-0.25, -0.2) is 0 Å². The maximum absolute atomic E-state index is 11.1. The highest BCUT2D eigenvalue weighted by atomic mass is 79.9. The lowest BCUT2D eigenvalue weighted by Gasteiger charge is -2.04. The van der Waals surface area contributed by atoms with Crippen LogP contribution in [0.25, 0.3) is 0 Å². The van der Waals surface area contributed by atoms with Crippen molar-refractivity contribution in [3.8, 4) is 0 Å². The SMILES string of the molecule is O=c1ccn(CCCCBr)cc1[N+](=O)[O-]. The molecule has 0 spiro atoms. The Morgan fingerprint density at radius 2 is 2.20 bits per heavy atom. The van der Waals surface area contributed by atoms with E-state index in [0.717, 1.165) is 18.2 Å². The average Bonchev–Trinajstić information content (AvgIpc) is 2.20. The standard InChI is InChI=1S/C9H11BrN2O3/c10-4-1-2-5-11-6-3-9(13)8(7-11)12(14)15/h3,6-7H,1-2,4-5H2. The van der Waals surface area contributed by atoms with Crippen molar-refractivity contribution in [2.75, 3.05) is 5.33 Å². The van der Waals surface area contributed by atoms with Gasteiger partial charge >= 0.3 is 5.69 Å². The third kappa shape index (κ3) is 3.47. The van der Waals surface area contributed by atoms with Gasteiger partial charge in [-0.3, -0.25) is 14.9 Å². The molecule has 1 rings (SSSR count). The lowest BCUT2D eigenvalue weighted by Crippen LogP contribution is -2.11. The van der Waals surface area contributed by atoms with Crippen LogP contribution in [0, 0.1) is 10.1 Å².